The van der Waals surface area contributed by atoms with E-state index < -0.39 is 8.56 Å². The molecule has 3 fully saturated rings. The highest BCUT2D eigenvalue weighted by molar-refractivity contribution is 6.76. The van der Waals surface area contributed by atoms with Crippen molar-refractivity contribution in [3.63, 3.8) is 0 Å². The van der Waals surface area contributed by atoms with Gasteiger partial charge in [0.1, 0.15) is 0 Å². The molecule has 0 unspecified atom stereocenters. The molecule has 0 spiro atoms. The van der Waals surface area contributed by atoms with Gasteiger partial charge >= 0.3 is 8.56 Å². The Labute approximate surface area is 158 Å². The molecule has 3 aliphatic heterocycles. The van der Waals surface area contributed by atoms with Gasteiger partial charge in [-0.3, -0.25) is 14.4 Å². The van der Waals surface area contributed by atoms with Crippen LogP contribution in [0.15, 0.2) is 0 Å². The molecule has 0 radical (unpaired) electrons. The van der Waals surface area contributed by atoms with Crippen LogP contribution in [0.4, 0.5) is 0 Å². The molecular formula is C19H33N3O3Si. The topological polar surface area (TPSA) is 60.9 Å². The third-order valence-corrected chi connectivity index (χ3v) is 10.7. The summed E-state index contributed by atoms with van der Waals surface area (Å²) in [5, 5.41) is 0. The Bertz CT molecular complexity index is 480. The molecule has 0 N–H and O–H groups in total. The Hall–Kier alpha value is -1.37. The summed E-state index contributed by atoms with van der Waals surface area (Å²) in [4.78, 5) is 39.0. The maximum Gasteiger partial charge on any atom is 0.383 e. The lowest BCUT2D eigenvalue weighted by Crippen LogP contribution is -2.76. The lowest BCUT2D eigenvalue weighted by Gasteiger charge is -2.51. The average Bonchev–Trinajstić information content (AvgIpc) is 3.06. The Morgan fingerprint density at radius 3 is 1.15 bits per heavy atom. The third kappa shape index (κ3) is 3.82. The fourth-order valence-electron chi connectivity index (χ4n) is 4.73. The molecule has 7 heteroatoms. The first-order chi connectivity index (χ1) is 12.5. The Morgan fingerprint density at radius 1 is 0.538 bits per heavy atom. The zero-order chi connectivity index (χ0) is 18.6. The SMILES string of the molecule is C[Si](N1CCCCCC1=O)(N1CCCCCC1=O)N1CCCCCC1=O. The van der Waals surface area contributed by atoms with Gasteiger partial charge in [0.2, 0.25) is 17.7 Å². The van der Waals surface area contributed by atoms with Crippen LogP contribution in [0.3, 0.4) is 0 Å². The van der Waals surface area contributed by atoms with E-state index in [9.17, 15) is 14.4 Å². The van der Waals surface area contributed by atoms with Crippen molar-refractivity contribution < 1.29 is 14.4 Å². The van der Waals surface area contributed by atoms with E-state index in [1.807, 2.05) is 13.7 Å². The van der Waals surface area contributed by atoms with Gasteiger partial charge in [-0.25, -0.2) is 0 Å². The van der Waals surface area contributed by atoms with Gasteiger partial charge in [-0.15, -0.1) is 0 Å². The largest absolute Gasteiger partial charge is 0.383 e. The van der Waals surface area contributed by atoms with E-state index in [-0.39, 0.29) is 17.7 Å². The predicted octanol–water partition coefficient (Wildman–Crippen LogP) is 2.76. The summed E-state index contributed by atoms with van der Waals surface area (Å²) >= 11 is 0. The van der Waals surface area contributed by atoms with Crippen LogP contribution in [0.25, 0.3) is 0 Å². The van der Waals surface area contributed by atoms with Crippen molar-refractivity contribution in [2.24, 2.45) is 0 Å². The summed E-state index contributed by atoms with van der Waals surface area (Å²) in [6.45, 7) is 4.15. The van der Waals surface area contributed by atoms with Crippen LogP contribution in [0.1, 0.15) is 77.0 Å². The van der Waals surface area contributed by atoms with Crippen molar-refractivity contribution in [3.05, 3.63) is 0 Å². The van der Waals surface area contributed by atoms with E-state index >= 15 is 0 Å². The molecule has 3 rings (SSSR count). The molecule has 0 bridgehead atoms. The zero-order valence-corrected chi connectivity index (χ0v) is 17.2. The zero-order valence-electron chi connectivity index (χ0n) is 16.2. The molecule has 146 valence electrons. The molecule has 6 nitrogen and oxygen atoms in total. The summed E-state index contributed by atoms with van der Waals surface area (Å²) in [6.07, 6.45) is 10.5. The Kier molecular flexibility index (Phi) is 6.37. The molecule has 3 aliphatic rings. The minimum absolute atomic E-state index is 0.144. The average molecular weight is 380 g/mol. The predicted molar refractivity (Wildman–Crippen MR) is 102 cm³/mol. The van der Waals surface area contributed by atoms with Gasteiger partial charge in [0.05, 0.1) is 0 Å². The number of hydrogen-bond acceptors (Lipinski definition) is 3. The van der Waals surface area contributed by atoms with E-state index in [2.05, 4.69) is 6.55 Å². The van der Waals surface area contributed by atoms with E-state index in [0.29, 0.717) is 38.9 Å². The first-order valence-corrected chi connectivity index (χ1v) is 12.8. The molecule has 3 saturated heterocycles. The molecule has 0 aliphatic carbocycles. The summed E-state index contributed by atoms with van der Waals surface area (Å²) in [6, 6.07) is 0. The third-order valence-electron chi connectivity index (χ3n) is 6.25. The lowest BCUT2D eigenvalue weighted by atomic mass is 10.2. The Balaban J connectivity index is 2.02. The molecule has 0 atom stereocenters. The monoisotopic (exact) mass is 379 g/mol. The molecular weight excluding hydrogens is 346 g/mol. The van der Waals surface area contributed by atoms with Gasteiger partial charge in [-0.05, 0) is 45.1 Å². The molecule has 0 aromatic carbocycles. The standard InChI is InChI=1S/C19H33N3O3Si/c1-26(20-14-8-2-5-11-17(20)23,21-15-9-3-6-12-18(21)24)22-16-10-4-7-13-19(22)25/h2-16H2,1H3. The molecule has 3 amide bonds. The minimum Gasteiger partial charge on any atom is -0.335 e. The number of amides is 3. The maximum absolute atomic E-state index is 13.0. The summed E-state index contributed by atoms with van der Waals surface area (Å²) in [7, 11) is -2.88. The van der Waals surface area contributed by atoms with Crippen LogP contribution in [0, 0.1) is 0 Å². The number of hydrogen-bond donors (Lipinski definition) is 0. The van der Waals surface area contributed by atoms with Crippen molar-refractivity contribution >= 4 is 26.3 Å². The fraction of sp³-hybridized carbons (Fsp3) is 0.842. The number of carbonyl (C=O) groups is 3. The quantitative estimate of drug-likeness (QED) is 0.709. The number of rotatable bonds is 3. The molecule has 0 aromatic rings. The molecule has 0 saturated carbocycles. The van der Waals surface area contributed by atoms with Crippen LogP contribution in [0.2, 0.25) is 6.55 Å². The first kappa shape index (κ1) is 19.4. The molecule has 26 heavy (non-hydrogen) atoms. The van der Waals surface area contributed by atoms with Crippen LogP contribution in [0.5, 0.6) is 0 Å². The van der Waals surface area contributed by atoms with Crippen molar-refractivity contribution in [2.75, 3.05) is 19.6 Å². The summed E-state index contributed by atoms with van der Waals surface area (Å²) in [5.41, 5.74) is 0. The van der Waals surface area contributed by atoms with Gasteiger partial charge in [-0.2, -0.15) is 0 Å². The van der Waals surface area contributed by atoms with Crippen molar-refractivity contribution in [3.8, 4) is 0 Å². The fourth-order valence-corrected chi connectivity index (χ4v) is 9.10. The highest BCUT2D eigenvalue weighted by Gasteiger charge is 2.53. The second-order valence-electron chi connectivity index (χ2n) is 8.04. The van der Waals surface area contributed by atoms with Gasteiger partial charge < -0.3 is 13.7 Å². The first-order valence-electron chi connectivity index (χ1n) is 10.5. The van der Waals surface area contributed by atoms with Crippen LogP contribution in [-0.2, 0) is 14.4 Å². The van der Waals surface area contributed by atoms with Crippen LogP contribution < -0.4 is 0 Å². The molecule has 0 aromatic heterocycles. The van der Waals surface area contributed by atoms with Crippen molar-refractivity contribution in [2.45, 2.75) is 83.6 Å². The van der Waals surface area contributed by atoms with Gasteiger partial charge in [-0.1, -0.05) is 19.3 Å². The second-order valence-corrected chi connectivity index (χ2v) is 11.6. The lowest BCUT2D eigenvalue weighted by molar-refractivity contribution is -0.132. The molecule has 3 heterocycles. The number of nitrogens with zero attached hydrogens (tertiary/aromatic N) is 3. The smallest absolute Gasteiger partial charge is 0.335 e. The summed E-state index contributed by atoms with van der Waals surface area (Å²) < 4.78 is 5.98. The van der Waals surface area contributed by atoms with E-state index in [1.165, 1.54) is 0 Å². The summed E-state index contributed by atoms with van der Waals surface area (Å²) in [5.74, 6) is 0.433. The van der Waals surface area contributed by atoms with Gasteiger partial charge in [0, 0.05) is 38.9 Å². The highest BCUT2D eigenvalue weighted by atomic mass is 28.4. The van der Waals surface area contributed by atoms with E-state index in [4.69, 9.17) is 0 Å². The number of carbonyl (C=O) groups excluding carboxylic acids is 3. The second kappa shape index (κ2) is 8.54. The van der Waals surface area contributed by atoms with Crippen LogP contribution >= 0.6 is 0 Å². The normalized spacial score (nSPS) is 24.3. The van der Waals surface area contributed by atoms with Gasteiger partial charge in [0.15, 0.2) is 0 Å². The van der Waals surface area contributed by atoms with Crippen molar-refractivity contribution in [1.82, 2.24) is 13.7 Å². The van der Waals surface area contributed by atoms with Crippen molar-refractivity contribution in [1.29, 1.82) is 0 Å². The minimum atomic E-state index is -2.88. The maximum atomic E-state index is 13.0. The van der Waals surface area contributed by atoms with Gasteiger partial charge in [0.25, 0.3) is 0 Å². The van der Waals surface area contributed by atoms with Crippen LogP contribution in [-0.4, -0.2) is 59.6 Å². The Morgan fingerprint density at radius 2 is 0.846 bits per heavy atom. The van der Waals surface area contributed by atoms with E-state index in [1.54, 1.807) is 0 Å². The highest BCUT2D eigenvalue weighted by Crippen LogP contribution is 2.30. The van der Waals surface area contributed by atoms with E-state index in [0.717, 1.165) is 57.8 Å².